The molecule has 0 aliphatic carbocycles. The van der Waals surface area contributed by atoms with Crippen LogP contribution in [0.5, 0.6) is 0 Å². The summed E-state index contributed by atoms with van der Waals surface area (Å²) in [7, 11) is -2.08. The molecule has 156 valence electrons. The summed E-state index contributed by atoms with van der Waals surface area (Å²) >= 11 is 0. The fourth-order valence-corrected chi connectivity index (χ4v) is 7.59. The first-order valence-electron chi connectivity index (χ1n) is 11.0. The highest BCUT2D eigenvalue weighted by molar-refractivity contribution is 7.05. The SMILES string of the molecule is C[Si](C)(/C(=C(/Cc1ccccc1)c1ccccc1)c1ccc(C#N)cc1)c1ccccc1. The molecule has 0 aromatic heterocycles. The van der Waals surface area contributed by atoms with Crippen LogP contribution in [0.25, 0.3) is 10.8 Å². The first-order valence-corrected chi connectivity index (χ1v) is 14.0. The van der Waals surface area contributed by atoms with Gasteiger partial charge in [-0.2, -0.15) is 5.26 Å². The minimum absolute atomic E-state index is 0.691. The van der Waals surface area contributed by atoms with Gasteiger partial charge in [-0.15, -0.1) is 0 Å². The number of rotatable bonds is 6. The van der Waals surface area contributed by atoms with Crippen molar-refractivity contribution in [2.45, 2.75) is 19.5 Å². The van der Waals surface area contributed by atoms with Gasteiger partial charge >= 0.3 is 0 Å². The van der Waals surface area contributed by atoms with Crippen molar-refractivity contribution >= 4 is 24.0 Å². The molecule has 0 spiro atoms. The van der Waals surface area contributed by atoms with E-state index >= 15 is 0 Å². The predicted molar refractivity (Wildman–Crippen MR) is 138 cm³/mol. The lowest BCUT2D eigenvalue weighted by Gasteiger charge is -2.31. The van der Waals surface area contributed by atoms with E-state index in [0.29, 0.717) is 5.56 Å². The molecule has 0 saturated carbocycles. The number of allylic oxidation sites excluding steroid dienone is 1. The molecule has 0 saturated heterocycles. The smallest absolute Gasteiger partial charge is 0.113 e. The monoisotopic (exact) mass is 429 g/mol. The quantitative estimate of drug-likeness (QED) is 0.242. The maximum absolute atomic E-state index is 9.33. The standard InChI is InChI=1S/C30H27NSi/c1-32(2,28-16-10-5-11-17-28)30(27-20-18-25(23-31)19-21-27)29(26-14-8-4-9-15-26)22-24-12-6-3-7-13-24/h3-21H,22H2,1-2H3/b30-29-. The minimum Gasteiger partial charge on any atom is -0.192 e. The van der Waals surface area contributed by atoms with Gasteiger partial charge in [0.25, 0.3) is 0 Å². The van der Waals surface area contributed by atoms with Crippen LogP contribution in [0.3, 0.4) is 0 Å². The number of hydrogen-bond donors (Lipinski definition) is 0. The molecule has 0 bridgehead atoms. The van der Waals surface area contributed by atoms with Gasteiger partial charge < -0.3 is 0 Å². The van der Waals surface area contributed by atoms with Gasteiger partial charge in [-0.05, 0) is 46.0 Å². The van der Waals surface area contributed by atoms with Crippen molar-refractivity contribution < 1.29 is 0 Å². The summed E-state index contributed by atoms with van der Waals surface area (Å²) in [4.78, 5) is 0. The van der Waals surface area contributed by atoms with Crippen molar-refractivity contribution in [1.29, 1.82) is 5.26 Å². The van der Waals surface area contributed by atoms with E-state index in [1.165, 1.54) is 32.6 Å². The van der Waals surface area contributed by atoms with Crippen LogP contribution in [0, 0.1) is 11.3 Å². The molecule has 4 rings (SSSR count). The Morgan fingerprint density at radius 3 is 1.75 bits per heavy atom. The normalized spacial score (nSPS) is 12.0. The van der Waals surface area contributed by atoms with Crippen LogP contribution >= 0.6 is 0 Å². The molecule has 32 heavy (non-hydrogen) atoms. The summed E-state index contributed by atoms with van der Waals surface area (Å²) < 4.78 is 0. The van der Waals surface area contributed by atoms with Crippen LogP contribution in [-0.2, 0) is 6.42 Å². The molecular formula is C30H27NSi. The predicted octanol–water partition coefficient (Wildman–Crippen LogP) is 6.87. The van der Waals surface area contributed by atoms with Crippen LogP contribution < -0.4 is 5.19 Å². The van der Waals surface area contributed by atoms with E-state index in [-0.39, 0.29) is 0 Å². The van der Waals surface area contributed by atoms with Gasteiger partial charge in [-0.1, -0.05) is 121 Å². The second-order valence-electron chi connectivity index (χ2n) is 8.56. The van der Waals surface area contributed by atoms with Gasteiger partial charge in [0, 0.05) is 0 Å². The van der Waals surface area contributed by atoms with E-state index in [4.69, 9.17) is 0 Å². The third kappa shape index (κ3) is 4.64. The van der Waals surface area contributed by atoms with Crippen molar-refractivity contribution in [2.24, 2.45) is 0 Å². The van der Waals surface area contributed by atoms with Crippen molar-refractivity contribution in [3.8, 4) is 6.07 Å². The molecule has 0 unspecified atom stereocenters. The number of benzene rings is 4. The summed E-state index contributed by atoms with van der Waals surface area (Å²) in [5.41, 5.74) is 5.82. The molecule has 4 aromatic carbocycles. The second kappa shape index (κ2) is 9.64. The molecule has 0 radical (unpaired) electrons. The van der Waals surface area contributed by atoms with E-state index in [9.17, 15) is 5.26 Å². The molecule has 0 amide bonds. The van der Waals surface area contributed by atoms with Crippen LogP contribution in [-0.4, -0.2) is 8.07 Å². The van der Waals surface area contributed by atoms with Crippen LogP contribution in [0.1, 0.15) is 22.3 Å². The maximum atomic E-state index is 9.33. The van der Waals surface area contributed by atoms with Gasteiger partial charge in [0.1, 0.15) is 8.07 Å². The topological polar surface area (TPSA) is 23.8 Å². The highest BCUT2D eigenvalue weighted by atomic mass is 28.3. The van der Waals surface area contributed by atoms with Gasteiger partial charge in [0.15, 0.2) is 0 Å². The highest BCUT2D eigenvalue weighted by Crippen LogP contribution is 2.36. The van der Waals surface area contributed by atoms with E-state index in [1.807, 2.05) is 12.1 Å². The first kappa shape index (κ1) is 21.6. The maximum Gasteiger partial charge on any atom is 0.113 e. The molecule has 2 heteroatoms. The molecule has 0 aliphatic rings. The lowest BCUT2D eigenvalue weighted by atomic mass is 9.95. The molecule has 0 aliphatic heterocycles. The second-order valence-corrected chi connectivity index (χ2v) is 12.9. The Kier molecular flexibility index (Phi) is 6.49. The average Bonchev–Trinajstić information content (AvgIpc) is 2.85. The largest absolute Gasteiger partial charge is 0.192 e. The van der Waals surface area contributed by atoms with Gasteiger partial charge in [0.05, 0.1) is 11.6 Å². The molecule has 0 N–H and O–H groups in total. The number of hydrogen-bond acceptors (Lipinski definition) is 1. The zero-order valence-electron chi connectivity index (χ0n) is 18.6. The molecule has 4 aromatic rings. The Morgan fingerprint density at radius 1 is 0.656 bits per heavy atom. The summed E-state index contributed by atoms with van der Waals surface area (Å²) in [6, 6.07) is 42.7. The zero-order valence-corrected chi connectivity index (χ0v) is 19.6. The number of nitrogens with zero attached hydrogens (tertiary/aromatic N) is 1. The third-order valence-electron chi connectivity index (χ3n) is 6.07. The van der Waals surface area contributed by atoms with E-state index in [0.717, 1.165) is 6.42 Å². The van der Waals surface area contributed by atoms with Crippen molar-refractivity contribution in [3.63, 3.8) is 0 Å². The Balaban J connectivity index is 2.01. The van der Waals surface area contributed by atoms with Crippen LogP contribution in [0.15, 0.2) is 115 Å². The van der Waals surface area contributed by atoms with Gasteiger partial charge in [-0.25, -0.2) is 0 Å². The van der Waals surface area contributed by atoms with Crippen LogP contribution in [0.2, 0.25) is 13.1 Å². The molecule has 0 fully saturated rings. The Morgan fingerprint density at radius 2 is 1.19 bits per heavy atom. The van der Waals surface area contributed by atoms with Crippen LogP contribution in [0.4, 0.5) is 0 Å². The molecule has 0 heterocycles. The lowest BCUT2D eigenvalue weighted by molar-refractivity contribution is 1.28. The lowest BCUT2D eigenvalue weighted by Crippen LogP contribution is -2.43. The van der Waals surface area contributed by atoms with Gasteiger partial charge in [-0.3, -0.25) is 0 Å². The van der Waals surface area contributed by atoms with E-state index in [2.05, 4.69) is 122 Å². The Bertz CT molecular complexity index is 1230. The summed E-state index contributed by atoms with van der Waals surface area (Å²) in [6.45, 7) is 4.87. The summed E-state index contributed by atoms with van der Waals surface area (Å²) in [5.74, 6) is 0. The number of nitriles is 1. The average molecular weight is 430 g/mol. The van der Waals surface area contributed by atoms with E-state index in [1.54, 1.807) is 0 Å². The van der Waals surface area contributed by atoms with Crippen molar-refractivity contribution in [2.75, 3.05) is 0 Å². The minimum atomic E-state index is -2.08. The Labute approximate surface area is 192 Å². The summed E-state index contributed by atoms with van der Waals surface area (Å²) in [5, 5.41) is 12.2. The fourth-order valence-electron chi connectivity index (χ4n) is 4.40. The first-order chi connectivity index (χ1) is 15.6. The Hall–Kier alpha value is -3.67. The zero-order chi connectivity index (χ0) is 22.4. The van der Waals surface area contributed by atoms with Crippen molar-refractivity contribution in [1.82, 2.24) is 0 Å². The summed E-state index contributed by atoms with van der Waals surface area (Å²) in [6.07, 6.45) is 0.865. The third-order valence-corrected chi connectivity index (χ3v) is 9.69. The van der Waals surface area contributed by atoms with Crippen molar-refractivity contribution in [3.05, 3.63) is 138 Å². The molecule has 0 atom stereocenters. The molecule has 1 nitrogen and oxygen atoms in total. The van der Waals surface area contributed by atoms with Gasteiger partial charge in [0.2, 0.25) is 0 Å². The fraction of sp³-hybridized carbons (Fsp3) is 0.100. The highest BCUT2D eigenvalue weighted by Gasteiger charge is 2.32. The van der Waals surface area contributed by atoms with E-state index < -0.39 is 8.07 Å². The molecular weight excluding hydrogens is 402 g/mol.